The van der Waals surface area contributed by atoms with E-state index in [0.717, 1.165) is 12.5 Å². The number of alkyl carbamates (subject to hydrolysis) is 1. The maximum atomic E-state index is 13.8. The van der Waals surface area contributed by atoms with Crippen LogP contribution in [0.25, 0.3) is 22.4 Å². The first kappa shape index (κ1) is 45.2. The van der Waals surface area contributed by atoms with Gasteiger partial charge in [-0.3, -0.25) is 14.4 Å². The molecule has 1 aliphatic carbocycles. The van der Waals surface area contributed by atoms with E-state index in [1.54, 1.807) is 47.5 Å². The van der Waals surface area contributed by atoms with Gasteiger partial charge in [-0.05, 0) is 60.8 Å². The van der Waals surface area contributed by atoms with Crippen LogP contribution >= 0.6 is 11.6 Å². The van der Waals surface area contributed by atoms with Gasteiger partial charge in [-0.15, -0.1) is 13.2 Å². The van der Waals surface area contributed by atoms with E-state index in [1.165, 1.54) is 19.4 Å². The van der Waals surface area contributed by atoms with Gasteiger partial charge in [0.1, 0.15) is 23.4 Å². The molecule has 2 aromatic heterocycles. The Hall–Kier alpha value is -5.84. The number of H-pyrrole nitrogens is 1. The Kier molecular flexibility index (Phi) is 12.7. The van der Waals surface area contributed by atoms with Gasteiger partial charge in [0.2, 0.25) is 11.8 Å². The first-order valence-corrected chi connectivity index (χ1v) is 21.3. The second kappa shape index (κ2) is 17.7. The predicted molar refractivity (Wildman–Crippen MR) is 231 cm³/mol. The van der Waals surface area contributed by atoms with Crippen LogP contribution in [0.1, 0.15) is 76.6 Å². The quantitative estimate of drug-likeness (QED) is 0.135. The zero-order valence-corrected chi connectivity index (χ0v) is 36.9. The first-order chi connectivity index (χ1) is 29.7. The lowest BCUT2D eigenvalue weighted by Gasteiger charge is -2.40. The first-order valence-electron chi connectivity index (χ1n) is 21.0. The van der Waals surface area contributed by atoms with Gasteiger partial charge in [0.15, 0.2) is 0 Å². The van der Waals surface area contributed by atoms with Crippen LogP contribution in [0.4, 0.5) is 29.5 Å². The summed E-state index contributed by atoms with van der Waals surface area (Å²) in [6, 6.07) is 11.0. The van der Waals surface area contributed by atoms with E-state index in [0.29, 0.717) is 61.1 Å². The minimum absolute atomic E-state index is 0.00559. The third-order valence-corrected chi connectivity index (χ3v) is 12.5. The number of piperazine rings is 1. The minimum atomic E-state index is -5.06. The summed E-state index contributed by atoms with van der Waals surface area (Å²) < 4.78 is 50.5. The second-order valence-electron chi connectivity index (χ2n) is 17.8. The van der Waals surface area contributed by atoms with Crippen LogP contribution in [-0.4, -0.2) is 100 Å². The van der Waals surface area contributed by atoms with E-state index < -0.39 is 30.2 Å². The smallest absolute Gasteiger partial charge is 0.453 e. The van der Waals surface area contributed by atoms with Crippen LogP contribution in [0.15, 0.2) is 60.9 Å². The Morgan fingerprint density at radius 1 is 1.00 bits per heavy atom. The molecule has 336 valence electrons. The number of amides is 4. The average molecular weight is 893 g/mol. The standard InChI is InChI=1S/C45H52ClF3N8O6/c1-24(2)38(54-43(61)62-7)42(60)57-22-25(3)16-35(57)39-51-21-34(52-39)28-10-8-27(9-11-28)30-17-32(46)33(18-36(30)63-45(47,48)49)53-40(58)29-12-13-37(50-20-29)56-15-14-55(23-26(56)4)41(59)31-19-44(31,5)6/h8-13,17-18,20-21,24-26,31,35,38H,14-16,19,22-23H2,1-7H3,(H,51,52)(H,53,58)(H,54,61)/t25-,26?,31+,35-,38-/m0/s1. The lowest BCUT2D eigenvalue weighted by Crippen LogP contribution is -2.54. The van der Waals surface area contributed by atoms with E-state index in [2.05, 4.69) is 44.1 Å². The zero-order chi connectivity index (χ0) is 45.5. The number of imidazole rings is 1. The number of likely N-dealkylation sites (tertiary alicyclic amines) is 1. The number of aromatic nitrogens is 3. The van der Waals surface area contributed by atoms with Crippen molar-refractivity contribution in [1.29, 1.82) is 0 Å². The van der Waals surface area contributed by atoms with Crippen molar-refractivity contribution in [2.75, 3.05) is 43.5 Å². The molecule has 2 aliphatic heterocycles. The van der Waals surface area contributed by atoms with Crippen LogP contribution in [0, 0.1) is 23.2 Å². The number of nitrogens with zero attached hydrogens (tertiary/aromatic N) is 5. The predicted octanol–water partition coefficient (Wildman–Crippen LogP) is 8.32. The molecule has 5 atom stereocenters. The number of hydrogen-bond acceptors (Lipinski definition) is 9. The van der Waals surface area contributed by atoms with Gasteiger partial charge in [0.05, 0.1) is 35.1 Å². The monoisotopic (exact) mass is 892 g/mol. The van der Waals surface area contributed by atoms with Crippen molar-refractivity contribution in [2.45, 2.75) is 78.9 Å². The molecule has 1 saturated carbocycles. The lowest BCUT2D eigenvalue weighted by molar-refractivity contribution is -0.274. The number of alkyl halides is 3. The highest BCUT2D eigenvalue weighted by Gasteiger charge is 2.52. The van der Waals surface area contributed by atoms with Crippen LogP contribution in [0.5, 0.6) is 5.75 Å². The summed E-state index contributed by atoms with van der Waals surface area (Å²) >= 11 is 6.60. The number of halogens is 4. The fraction of sp³-hybridized carbons (Fsp3) is 0.467. The number of nitrogens with one attached hydrogen (secondary N) is 3. The van der Waals surface area contributed by atoms with Gasteiger partial charge in [-0.25, -0.2) is 14.8 Å². The van der Waals surface area contributed by atoms with Crippen LogP contribution in [0.2, 0.25) is 5.02 Å². The summed E-state index contributed by atoms with van der Waals surface area (Å²) in [5, 5.41) is 5.21. The molecule has 4 aromatic rings. The highest BCUT2D eigenvalue weighted by molar-refractivity contribution is 6.34. The molecule has 2 aromatic carbocycles. The molecule has 4 heterocycles. The molecule has 0 spiro atoms. The molecule has 14 nitrogen and oxygen atoms in total. The Labute approximate surface area is 368 Å². The highest BCUT2D eigenvalue weighted by atomic mass is 35.5. The fourth-order valence-electron chi connectivity index (χ4n) is 8.48. The van der Waals surface area contributed by atoms with E-state index in [9.17, 15) is 32.3 Å². The molecule has 0 bridgehead atoms. The number of anilines is 2. The van der Waals surface area contributed by atoms with Crippen molar-refractivity contribution >= 4 is 46.9 Å². The maximum absolute atomic E-state index is 13.8. The summed E-state index contributed by atoms with van der Waals surface area (Å²) in [6.07, 6.45) is -1.14. The molecule has 63 heavy (non-hydrogen) atoms. The van der Waals surface area contributed by atoms with Gasteiger partial charge < -0.3 is 39.8 Å². The number of aromatic amines is 1. The molecule has 1 unspecified atom stereocenters. The Bertz CT molecular complexity index is 2360. The number of hydrogen-bond donors (Lipinski definition) is 3. The van der Waals surface area contributed by atoms with Crippen LogP contribution < -0.4 is 20.3 Å². The van der Waals surface area contributed by atoms with Gasteiger partial charge in [0.25, 0.3) is 5.91 Å². The van der Waals surface area contributed by atoms with E-state index in [1.807, 2.05) is 32.6 Å². The summed E-state index contributed by atoms with van der Waals surface area (Å²) in [4.78, 5) is 70.2. The molecule has 3 fully saturated rings. The van der Waals surface area contributed by atoms with E-state index in [4.69, 9.17) is 21.3 Å². The largest absolute Gasteiger partial charge is 0.573 e. The SMILES string of the molecule is COC(=O)N[C@H](C(=O)N1C[C@@H](C)C[C@H]1c1nc(-c2ccc(-c3cc(Cl)c(NC(=O)c4ccc(N5CCN(C(=O)[C@H]6CC6(C)C)CC5C)nc4)cc3OC(F)(F)F)cc2)c[nH]1)C(C)C. The van der Waals surface area contributed by atoms with Crippen LogP contribution in [-0.2, 0) is 14.3 Å². The van der Waals surface area contributed by atoms with Crippen molar-refractivity contribution in [3.63, 3.8) is 0 Å². The Morgan fingerprint density at radius 3 is 2.30 bits per heavy atom. The van der Waals surface area contributed by atoms with Crippen molar-refractivity contribution < 1.29 is 41.8 Å². The summed E-state index contributed by atoms with van der Waals surface area (Å²) in [5.41, 5.74) is 1.68. The number of benzene rings is 2. The fourth-order valence-corrected chi connectivity index (χ4v) is 8.69. The van der Waals surface area contributed by atoms with Gasteiger partial charge >= 0.3 is 12.5 Å². The minimum Gasteiger partial charge on any atom is -0.453 e. The molecule has 4 amide bonds. The van der Waals surface area contributed by atoms with E-state index >= 15 is 0 Å². The number of rotatable bonds is 11. The van der Waals surface area contributed by atoms with Gasteiger partial charge in [-0.2, -0.15) is 0 Å². The molecule has 0 radical (unpaired) electrons. The molecule has 18 heteroatoms. The normalized spacial score (nSPS) is 21.2. The van der Waals surface area contributed by atoms with Crippen LogP contribution in [0.3, 0.4) is 0 Å². The van der Waals surface area contributed by atoms with Crippen molar-refractivity contribution in [2.24, 2.45) is 23.2 Å². The molecule has 7 rings (SSSR count). The zero-order valence-electron chi connectivity index (χ0n) is 36.2. The number of ether oxygens (including phenoxy) is 2. The van der Waals surface area contributed by atoms with Crippen molar-refractivity contribution in [3.05, 3.63) is 77.3 Å². The number of methoxy groups -OCH3 is 1. The average Bonchev–Trinajstić information content (AvgIpc) is 3.52. The molecular weight excluding hydrogens is 841 g/mol. The van der Waals surface area contributed by atoms with Crippen molar-refractivity contribution in [1.82, 2.24) is 30.1 Å². The third kappa shape index (κ3) is 10.0. The summed E-state index contributed by atoms with van der Waals surface area (Å²) in [5.74, 6) is -0.0633. The van der Waals surface area contributed by atoms with Gasteiger partial charge in [0, 0.05) is 67.7 Å². The summed E-state index contributed by atoms with van der Waals surface area (Å²) in [6.45, 7) is 14.1. The maximum Gasteiger partial charge on any atom is 0.573 e. The second-order valence-corrected chi connectivity index (χ2v) is 18.2. The van der Waals surface area contributed by atoms with Crippen molar-refractivity contribution in [3.8, 4) is 28.1 Å². The lowest BCUT2D eigenvalue weighted by atomic mass is 10.0. The highest BCUT2D eigenvalue weighted by Crippen LogP contribution is 2.52. The van der Waals surface area contributed by atoms with E-state index in [-0.39, 0.29) is 68.9 Å². The topological polar surface area (TPSA) is 162 Å². The summed E-state index contributed by atoms with van der Waals surface area (Å²) in [7, 11) is 1.24. The molecule has 3 N–H and O–H groups in total. The number of pyridine rings is 1. The van der Waals surface area contributed by atoms with Gasteiger partial charge in [-0.1, -0.05) is 70.5 Å². The Morgan fingerprint density at radius 2 is 1.70 bits per heavy atom. The molecule has 3 aliphatic rings. The molecular formula is C45H52ClF3N8O6. The molecule has 2 saturated heterocycles. The Balaban J connectivity index is 1.04. The number of carbonyl (C=O) groups excluding carboxylic acids is 4. The third-order valence-electron chi connectivity index (χ3n) is 12.2. The number of carbonyl (C=O) groups is 4.